The lowest BCUT2D eigenvalue weighted by atomic mass is 9.94. The summed E-state index contributed by atoms with van der Waals surface area (Å²) < 4.78 is 15.0. The molecule has 0 atom stereocenters. The van der Waals surface area contributed by atoms with Crippen molar-refractivity contribution in [3.05, 3.63) is 74.3 Å². The zero-order valence-corrected chi connectivity index (χ0v) is 29.7. The predicted octanol–water partition coefficient (Wildman–Crippen LogP) is 7.96. The molecule has 2 heterocycles. The van der Waals surface area contributed by atoms with Crippen molar-refractivity contribution in [2.45, 2.75) is 71.5 Å². The minimum atomic E-state index is -0.900. The van der Waals surface area contributed by atoms with Gasteiger partial charge in [0.2, 0.25) is 0 Å². The Morgan fingerprint density at radius 2 is 1.31 bits per heavy atom. The molecule has 2 aliphatic rings. The molecule has 0 saturated carbocycles. The molecular weight excluding hydrogens is 684 g/mol. The summed E-state index contributed by atoms with van der Waals surface area (Å²) in [5.74, 6) is 6.53. The average molecular weight is 727 g/mol. The number of terminal acetylenes is 2. The summed E-state index contributed by atoms with van der Waals surface area (Å²) in [6.07, 6.45) is 15.1. The minimum Gasteiger partial charge on any atom is -0.449 e. The average Bonchev–Trinajstić information content (AvgIpc) is 3.08. The van der Waals surface area contributed by atoms with Crippen molar-refractivity contribution < 1.29 is 38.4 Å². The molecule has 0 radical (unpaired) electrons. The van der Waals surface area contributed by atoms with Crippen LogP contribution in [0.1, 0.15) is 64.9 Å². The number of nitrogens with zero attached hydrogens (tertiary/aromatic N) is 4. The Morgan fingerprint density at radius 1 is 0.824 bits per heavy atom. The molecule has 51 heavy (non-hydrogen) atoms. The maximum Gasteiger partial charge on any atom is 0.415 e. The number of likely N-dealkylation sites (tertiary alicyclic amines) is 2. The monoisotopic (exact) mass is 726 g/mol. The summed E-state index contributed by atoms with van der Waals surface area (Å²) in [7, 11) is 0. The molecular formula is C36H43ClN4O10. The molecule has 0 N–H and O–H groups in total. The summed E-state index contributed by atoms with van der Waals surface area (Å²) >= 11 is 4.94. The van der Waals surface area contributed by atoms with E-state index in [9.17, 15) is 34.6 Å². The fourth-order valence-electron chi connectivity index (χ4n) is 4.98. The van der Waals surface area contributed by atoms with Gasteiger partial charge in [-0.2, -0.15) is 0 Å². The Kier molecular flexibility index (Phi) is 17.2. The fraction of sp³-hybridized carbons (Fsp3) is 0.472. The van der Waals surface area contributed by atoms with Gasteiger partial charge in [-0.25, -0.2) is 14.4 Å². The second-order valence-corrected chi connectivity index (χ2v) is 13.0. The van der Waals surface area contributed by atoms with E-state index >= 15 is 0 Å². The molecule has 0 spiro atoms. The number of piperidine rings is 2. The number of hydrogen-bond acceptors (Lipinski definition) is 10. The Labute approximate surface area is 302 Å². The van der Waals surface area contributed by atoms with E-state index in [0.29, 0.717) is 30.5 Å². The van der Waals surface area contributed by atoms with E-state index in [0.717, 1.165) is 51.6 Å². The normalized spacial score (nSPS) is 14.5. The van der Waals surface area contributed by atoms with Gasteiger partial charge < -0.3 is 24.0 Å². The predicted molar refractivity (Wildman–Crippen MR) is 190 cm³/mol. The first-order valence-corrected chi connectivity index (χ1v) is 16.6. The molecule has 0 bridgehead atoms. The molecule has 2 fully saturated rings. The maximum absolute atomic E-state index is 12.0. The highest BCUT2D eigenvalue weighted by Gasteiger charge is 2.27. The molecule has 4 rings (SSSR count). The van der Waals surface area contributed by atoms with Gasteiger partial charge in [0.25, 0.3) is 11.4 Å². The number of non-ortho nitro benzene ring substituents is 2. The number of rotatable bonds is 7. The van der Waals surface area contributed by atoms with Crippen LogP contribution in [0.15, 0.2) is 48.5 Å². The zero-order valence-electron chi connectivity index (χ0n) is 29.0. The number of carbonyl (C=O) groups excluding carboxylic acids is 3. The topological polar surface area (TPSA) is 172 Å². The van der Waals surface area contributed by atoms with Gasteiger partial charge >= 0.3 is 17.6 Å². The highest BCUT2D eigenvalue weighted by Crippen LogP contribution is 2.24. The van der Waals surface area contributed by atoms with E-state index in [4.69, 9.17) is 33.9 Å². The summed E-state index contributed by atoms with van der Waals surface area (Å²) in [6.45, 7) is 8.39. The number of hydrogen-bond donors (Lipinski definition) is 0. The number of halogens is 1. The van der Waals surface area contributed by atoms with Crippen molar-refractivity contribution in [3.63, 3.8) is 0 Å². The van der Waals surface area contributed by atoms with E-state index in [1.165, 1.54) is 48.5 Å². The molecule has 2 aromatic rings. The first-order valence-electron chi connectivity index (χ1n) is 16.2. The van der Waals surface area contributed by atoms with Crippen LogP contribution in [0.4, 0.5) is 25.8 Å². The molecule has 0 aromatic heterocycles. The molecule has 0 aliphatic carbocycles. The van der Waals surface area contributed by atoms with E-state index in [1.54, 1.807) is 9.80 Å². The second kappa shape index (κ2) is 21.0. The van der Waals surface area contributed by atoms with Crippen LogP contribution in [0.2, 0.25) is 0 Å². The van der Waals surface area contributed by atoms with Crippen molar-refractivity contribution in [1.29, 1.82) is 0 Å². The molecule has 274 valence electrons. The number of amides is 2. The zero-order chi connectivity index (χ0) is 38.0. The van der Waals surface area contributed by atoms with Crippen LogP contribution in [-0.4, -0.2) is 69.0 Å². The summed E-state index contributed by atoms with van der Waals surface area (Å²) in [5.41, 5.74) is -0.779. The van der Waals surface area contributed by atoms with Crippen LogP contribution in [0.5, 0.6) is 5.75 Å². The van der Waals surface area contributed by atoms with Crippen LogP contribution in [-0.2, 0) is 16.1 Å². The van der Waals surface area contributed by atoms with Crippen LogP contribution in [0, 0.1) is 56.8 Å². The van der Waals surface area contributed by atoms with Crippen molar-refractivity contribution in [2.75, 3.05) is 26.2 Å². The lowest BCUT2D eigenvalue weighted by molar-refractivity contribution is -0.385. The van der Waals surface area contributed by atoms with Crippen molar-refractivity contribution in [1.82, 2.24) is 9.80 Å². The van der Waals surface area contributed by atoms with Gasteiger partial charge in [0.15, 0.2) is 0 Å². The number of nitro benzene ring substituents is 2. The summed E-state index contributed by atoms with van der Waals surface area (Å²) in [6, 6.07) is 11.3. The number of benzene rings is 2. The van der Waals surface area contributed by atoms with Crippen LogP contribution in [0.25, 0.3) is 0 Å². The minimum absolute atomic E-state index is 0.00838. The standard InChI is InChI=1S/C15H16N2O4.C13H21NO2.C8H6ClNO4/c1-2-4-12-7-9-16(10-8-12)15(18)21-14-6-3-5-13(11-14)17(19)20;1-5-6-11-7-9-14(10-8-11)12(15)16-13(2,3)4;9-8(11)14-5-6-1-3-7(4-2-6)10(12)13/h1,3,5-6,11-12H,4,7-10H2;1,11H,6-10H2,2-4H3;1-4H,5H2. The molecule has 2 saturated heterocycles. The third-order valence-electron chi connectivity index (χ3n) is 7.69. The lowest BCUT2D eigenvalue weighted by Gasteiger charge is -2.32. The highest BCUT2D eigenvalue weighted by molar-refractivity contribution is 6.61. The van der Waals surface area contributed by atoms with Crippen molar-refractivity contribution in [3.8, 4) is 30.4 Å². The maximum atomic E-state index is 12.0. The SMILES string of the molecule is C#CCC1CCN(C(=O)OC(C)(C)C)CC1.C#CCC1CCN(C(=O)Oc2cccc([N+](=O)[O-])c2)CC1.O=C(Cl)OCc1ccc([N+](=O)[O-])cc1. The lowest BCUT2D eigenvalue weighted by Crippen LogP contribution is -2.41. The van der Waals surface area contributed by atoms with Crippen LogP contribution in [0.3, 0.4) is 0 Å². The van der Waals surface area contributed by atoms with Gasteiger partial charge in [-0.05, 0) is 82.1 Å². The van der Waals surface area contributed by atoms with E-state index in [1.807, 2.05) is 20.8 Å². The second-order valence-electron chi connectivity index (χ2n) is 12.7. The van der Waals surface area contributed by atoms with Gasteiger partial charge in [0.05, 0.1) is 15.9 Å². The Hall–Kier alpha value is -5.34. The van der Waals surface area contributed by atoms with Crippen LogP contribution < -0.4 is 4.74 Å². The molecule has 2 amide bonds. The molecule has 15 heteroatoms. The van der Waals surface area contributed by atoms with Gasteiger partial charge in [-0.1, -0.05) is 6.07 Å². The van der Waals surface area contributed by atoms with Gasteiger partial charge in [0, 0.05) is 68.8 Å². The first kappa shape index (κ1) is 41.8. The summed E-state index contributed by atoms with van der Waals surface area (Å²) in [4.78, 5) is 57.3. The third-order valence-corrected chi connectivity index (χ3v) is 7.79. The van der Waals surface area contributed by atoms with E-state index < -0.39 is 27.0 Å². The molecule has 0 unspecified atom stereocenters. The number of carbonyl (C=O) groups is 3. The Balaban J connectivity index is 0.000000272. The van der Waals surface area contributed by atoms with Crippen molar-refractivity contribution >= 4 is 40.6 Å². The third kappa shape index (κ3) is 16.3. The Bertz CT molecular complexity index is 1560. The van der Waals surface area contributed by atoms with Crippen molar-refractivity contribution in [2.24, 2.45) is 11.8 Å². The van der Waals surface area contributed by atoms with E-state index in [2.05, 4.69) is 16.6 Å². The molecule has 2 aromatic carbocycles. The Morgan fingerprint density at radius 3 is 1.75 bits per heavy atom. The highest BCUT2D eigenvalue weighted by atomic mass is 35.5. The fourth-order valence-corrected chi connectivity index (χ4v) is 5.03. The quantitative estimate of drug-likeness (QED) is 0.118. The van der Waals surface area contributed by atoms with Gasteiger partial charge in [-0.3, -0.25) is 20.2 Å². The van der Waals surface area contributed by atoms with Gasteiger partial charge in [0.1, 0.15) is 18.0 Å². The first-order chi connectivity index (χ1) is 24.1. The molecule has 2 aliphatic heterocycles. The number of ether oxygens (including phenoxy) is 3. The summed E-state index contributed by atoms with van der Waals surface area (Å²) in [5, 5.41) is 21.0. The largest absolute Gasteiger partial charge is 0.449 e. The van der Waals surface area contributed by atoms with Crippen LogP contribution >= 0.6 is 11.6 Å². The van der Waals surface area contributed by atoms with Gasteiger partial charge in [-0.15, -0.1) is 24.7 Å². The molecule has 14 nitrogen and oxygen atoms in total. The number of nitro groups is 2. The smallest absolute Gasteiger partial charge is 0.415 e. The van der Waals surface area contributed by atoms with E-state index in [-0.39, 0.29) is 29.8 Å².